The van der Waals surface area contributed by atoms with E-state index < -0.39 is 5.97 Å². The predicted molar refractivity (Wildman–Crippen MR) is 89.5 cm³/mol. The van der Waals surface area contributed by atoms with Crippen LogP contribution in [0.5, 0.6) is 5.75 Å². The van der Waals surface area contributed by atoms with E-state index in [9.17, 15) is 9.59 Å². The van der Waals surface area contributed by atoms with Crippen LogP contribution in [0.1, 0.15) is 31.2 Å². The molecule has 2 aliphatic rings. The molecule has 3 unspecified atom stereocenters. The lowest BCUT2D eigenvalue weighted by Gasteiger charge is -2.17. The number of hydrogen-bond acceptors (Lipinski definition) is 3. The molecule has 1 saturated carbocycles. The molecule has 1 amide bonds. The Hall–Kier alpha value is -2.30. The minimum absolute atomic E-state index is 0.113. The second-order valence-corrected chi connectivity index (χ2v) is 6.59. The number of carboxylic acid groups (broad SMARTS) is 1. The third-order valence-corrected chi connectivity index (χ3v) is 4.81. The highest BCUT2D eigenvalue weighted by atomic mass is 16.5. The van der Waals surface area contributed by atoms with Gasteiger partial charge in [-0.1, -0.05) is 24.3 Å². The average Bonchev–Trinajstić information content (AvgIpc) is 3.20. The minimum Gasteiger partial charge on any atom is -0.494 e. The summed E-state index contributed by atoms with van der Waals surface area (Å²) in [5.41, 5.74) is 1.03. The third kappa shape index (κ3) is 4.16. The van der Waals surface area contributed by atoms with Gasteiger partial charge in [-0.2, -0.15) is 0 Å². The molecule has 2 N–H and O–H groups in total. The zero-order valence-electron chi connectivity index (χ0n) is 13.6. The van der Waals surface area contributed by atoms with Crippen molar-refractivity contribution in [3.05, 3.63) is 42.0 Å². The first-order valence-electron chi connectivity index (χ1n) is 8.51. The number of carboxylic acids is 1. The molecule has 24 heavy (non-hydrogen) atoms. The second kappa shape index (κ2) is 7.51. The van der Waals surface area contributed by atoms with Gasteiger partial charge < -0.3 is 15.2 Å². The van der Waals surface area contributed by atoms with E-state index >= 15 is 0 Å². The highest BCUT2D eigenvalue weighted by molar-refractivity contribution is 5.80. The van der Waals surface area contributed by atoms with Crippen LogP contribution in [0.4, 0.5) is 0 Å². The number of rotatable bonds is 8. The van der Waals surface area contributed by atoms with Crippen molar-refractivity contribution >= 4 is 11.9 Å². The molecule has 5 nitrogen and oxygen atoms in total. The van der Waals surface area contributed by atoms with Crippen LogP contribution in [-0.4, -0.2) is 23.6 Å². The summed E-state index contributed by atoms with van der Waals surface area (Å²) >= 11 is 0. The molecule has 1 fully saturated rings. The van der Waals surface area contributed by atoms with E-state index in [-0.39, 0.29) is 18.2 Å². The minimum atomic E-state index is -0.810. The largest absolute Gasteiger partial charge is 0.494 e. The van der Waals surface area contributed by atoms with Crippen molar-refractivity contribution in [1.82, 2.24) is 5.32 Å². The van der Waals surface area contributed by atoms with Gasteiger partial charge in [0.2, 0.25) is 5.91 Å². The maximum absolute atomic E-state index is 12.3. The van der Waals surface area contributed by atoms with Gasteiger partial charge in [-0.3, -0.25) is 9.59 Å². The molecule has 0 spiro atoms. The van der Waals surface area contributed by atoms with E-state index in [0.29, 0.717) is 37.2 Å². The number of hydrogen-bond donors (Lipinski definition) is 2. The average molecular weight is 329 g/mol. The molecular weight excluding hydrogens is 306 g/mol. The van der Waals surface area contributed by atoms with Crippen LogP contribution in [0.25, 0.3) is 0 Å². The first-order chi connectivity index (χ1) is 11.6. The predicted octanol–water partition coefficient (Wildman–Crippen LogP) is 2.76. The van der Waals surface area contributed by atoms with E-state index in [0.717, 1.165) is 18.4 Å². The topological polar surface area (TPSA) is 75.6 Å². The summed E-state index contributed by atoms with van der Waals surface area (Å²) in [6.07, 6.45) is 7.15. The van der Waals surface area contributed by atoms with Gasteiger partial charge in [0.05, 0.1) is 6.61 Å². The van der Waals surface area contributed by atoms with E-state index in [1.54, 1.807) is 0 Å². The molecule has 3 rings (SSSR count). The molecule has 128 valence electrons. The Labute approximate surface area is 141 Å². The number of ether oxygens (including phenoxy) is 1. The number of allylic oxidation sites excluding steroid dienone is 2. The SMILES string of the molecule is O=C(O)CCCOc1ccc(CNC(=O)C2CC3C=CC2C3)cc1. The molecular formula is C19H23NO4. The van der Waals surface area contributed by atoms with Gasteiger partial charge in [0.1, 0.15) is 5.75 Å². The molecule has 3 atom stereocenters. The summed E-state index contributed by atoms with van der Waals surface area (Å²) in [4.78, 5) is 22.7. The standard InChI is InChI=1S/C19H23NO4/c21-18(22)2-1-9-24-16-7-4-13(5-8-16)12-20-19(23)17-11-14-3-6-15(17)10-14/h3-8,14-15,17H,1-2,9-12H2,(H,20,23)(H,21,22). The fraction of sp³-hybridized carbons (Fsp3) is 0.474. The molecule has 2 aliphatic carbocycles. The van der Waals surface area contributed by atoms with Crippen molar-refractivity contribution in [2.45, 2.75) is 32.2 Å². The lowest BCUT2D eigenvalue weighted by atomic mass is 9.93. The van der Waals surface area contributed by atoms with Gasteiger partial charge in [0, 0.05) is 18.9 Å². The zero-order chi connectivity index (χ0) is 16.9. The number of benzene rings is 1. The van der Waals surface area contributed by atoms with Gasteiger partial charge in [0.15, 0.2) is 0 Å². The van der Waals surface area contributed by atoms with Crippen molar-refractivity contribution in [1.29, 1.82) is 0 Å². The Morgan fingerprint density at radius 3 is 2.58 bits per heavy atom. The summed E-state index contributed by atoms with van der Waals surface area (Å²) in [5.74, 6) is 1.22. The molecule has 0 heterocycles. The number of carbonyl (C=O) groups excluding carboxylic acids is 1. The highest BCUT2D eigenvalue weighted by Gasteiger charge is 2.39. The first kappa shape index (κ1) is 16.6. The molecule has 5 heteroatoms. The van der Waals surface area contributed by atoms with Gasteiger partial charge in [-0.15, -0.1) is 0 Å². The number of amides is 1. The van der Waals surface area contributed by atoms with E-state index in [2.05, 4.69) is 17.5 Å². The van der Waals surface area contributed by atoms with Crippen molar-refractivity contribution < 1.29 is 19.4 Å². The summed E-state index contributed by atoms with van der Waals surface area (Å²) < 4.78 is 5.49. The van der Waals surface area contributed by atoms with Gasteiger partial charge >= 0.3 is 5.97 Å². The molecule has 2 bridgehead atoms. The van der Waals surface area contributed by atoms with Crippen LogP contribution in [0, 0.1) is 17.8 Å². The van der Waals surface area contributed by atoms with Crippen LogP contribution < -0.4 is 10.1 Å². The van der Waals surface area contributed by atoms with Gasteiger partial charge in [-0.05, 0) is 48.8 Å². The third-order valence-electron chi connectivity index (χ3n) is 4.81. The second-order valence-electron chi connectivity index (χ2n) is 6.59. The number of fused-ring (bicyclic) bond motifs is 2. The fourth-order valence-electron chi connectivity index (χ4n) is 3.52. The zero-order valence-corrected chi connectivity index (χ0v) is 13.6. The van der Waals surface area contributed by atoms with Crippen molar-refractivity contribution in [3.8, 4) is 5.75 Å². The molecule has 1 aromatic rings. The summed E-state index contributed by atoms with van der Waals surface area (Å²) in [5, 5.41) is 11.6. The molecule has 1 aromatic carbocycles. The Bertz CT molecular complexity index is 623. The van der Waals surface area contributed by atoms with Crippen LogP contribution in [0.2, 0.25) is 0 Å². The molecule has 0 aromatic heterocycles. The highest BCUT2D eigenvalue weighted by Crippen LogP contribution is 2.43. The fourth-order valence-corrected chi connectivity index (χ4v) is 3.52. The normalized spacial score (nSPS) is 24.1. The van der Waals surface area contributed by atoms with Crippen molar-refractivity contribution in [3.63, 3.8) is 0 Å². The Kier molecular flexibility index (Phi) is 5.18. The van der Waals surface area contributed by atoms with E-state index in [4.69, 9.17) is 9.84 Å². The van der Waals surface area contributed by atoms with Crippen molar-refractivity contribution in [2.75, 3.05) is 6.61 Å². The van der Waals surface area contributed by atoms with Crippen molar-refractivity contribution in [2.24, 2.45) is 17.8 Å². The van der Waals surface area contributed by atoms with E-state index in [1.807, 2.05) is 24.3 Å². The first-order valence-corrected chi connectivity index (χ1v) is 8.51. The smallest absolute Gasteiger partial charge is 0.303 e. The molecule has 0 saturated heterocycles. The lowest BCUT2D eigenvalue weighted by molar-refractivity contribution is -0.137. The molecule has 0 radical (unpaired) electrons. The van der Waals surface area contributed by atoms with E-state index in [1.165, 1.54) is 0 Å². The van der Waals surface area contributed by atoms with Crippen LogP contribution in [-0.2, 0) is 16.1 Å². The quantitative estimate of drug-likeness (QED) is 0.568. The van der Waals surface area contributed by atoms with Gasteiger partial charge in [0.25, 0.3) is 0 Å². The van der Waals surface area contributed by atoms with Crippen LogP contribution >= 0.6 is 0 Å². The van der Waals surface area contributed by atoms with Crippen LogP contribution in [0.3, 0.4) is 0 Å². The summed E-state index contributed by atoms with van der Waals surface area (Å²) in [6.45, 7) is 0.913. The van der Waals surface area contributed by atoms with Gasteiger partial charge in [-0.25, -0.2) is 0 Å². The monoisotopic (exact) mass is 329 g/mol. The molecule has 0 aliphatic heterocycles. The van der Waals surface area contributed by atoms with Crippen LogP contribution in [0.15, 0.2) is 36.4 Å². The number of nitrogens with one attached hydrogen (secondary N) is 1. The summed E-state index contributed by atoms with van der Waals surface area (Å²) in [7, 11) is 0. The summed E-state index contributed by atoms with van der Waals surface area (Å²) in [6, 6.07) is 7.55. The number of aliphatic carboxylic acids is 1. The number of carbonyl (C=O) groups is 2. The lowest BCUT2D eigenvalue weighted by Crippen LogP contribution is -2.32. The maximum Gasteiger partial charge on any atom is 0.303 e. The Morgan fingerprint density at radius 2 is 1.96 bits per heavy atom. The maximum atomic E-state index is 12.3. The Morgan fingerprint density at radius 1 is 1.17 bits per heavy atom. The Balaban J connectivity index is 1.40.